The second-order valence-corrected chi connectivity index (χ2v) is 5.28. The van der Waals surface area contributed by atoms with Crippen LogP contribution in [-0.4, -0.2) is 0 Å². The largest absolute Gasteiger partial charge is 0.399 e. The zero-order valence-corrected chi connectivity index (χ0v) is 11.1. The van der Waals surface area contributed by atoms with Gasteiger partial charge in [-0.3, -0.25) is 0 Å². The Bertz CT molecular complexity index is 433. The van der Waals surface area contributed by atoms with Gasteiger partial charge in [-0.25, -0.2) is 0 Å². The van der Waals surface area contributed by atoms with E-state index in [1.54, 1.807) is 0 Å². The highest BCUT2D eigenvalue weighted by atomic mass is 14.5. The number of hydrogen-bond acceptors (Lipinski definition) is 1. The van der Waals surface area contributed by atoms with Gasteiger partial charge in [-0.1, -0.05) is 32.9 Å². The van der Waals surface area contributed by atoms with Crippen molar-refractivity contribution >= 4 is 11.3 Å². The van der Waals surface area contributed by atoms with Gasteiger partial charge in [0.1, 0.15) is 0 Å². The highest BCUT2D eigenvalue weighted by Crippen LogP contribution is 2.49. The zero-order chi connectivity index (χ0) is 12.5. The van der Waals surface area contributed by atoms with Crippen LogP contribution < -0.4 is 5.73 Å². The van der Waals surface area contributed by atoms with Crippen LogP contribution in [0.4, 0.5) is 5.69 Å². The molecule has 0 bridgehead atoms. The van der Waals surface area contributed by atoms with E-state index in [0.717, 1.165) is 12.1 Å². The third-order valence-electron chi connectivity index (χ3n) is 4.37. The molecule has 0 heterocycles. The molecule has 0 aromatic heterocycles. The molecular weight excluding hydrogens is 206 g/mol. The fourth-order valence-electron chi connectivity index (χ4n) is 3.25. The van der Waals surface area contributed by atoms with Crippen LogP contribution in [-0.2, 0) is 6.42 Å². The van der Waals surface area contributed by atoms with E-state index in [-0.39, 0.29) is 0 Å². The Morgan fingerprint density at radius 3 is 2.76 bits per heavy atom. The van der Waals surface area contributed by atoms with Gasteiger partial charge in [0.15, 0.2) is 0 Å². The van der Waals surface area contributed by atoms with Gasteiger partial charge in [0.2, 0.25) is 0 Å². The summed E-state index contributed by atoms with van der Waals surface area (Å²) in [6, 6.07) is 6.28. The third kappa shape index (κ3) is 1.99. The molecule has 1 aromatic rings. The van der Waals surface area contributed by atoms with Crippen molar-refractivity contribution in [1.29, 1.82) is 0 Å². The van der Waals surface area contributed by atoms with E-state index in [2.05, 4.69) is 32.6 Å². The Labute approximate surface area is 105 Å². The maximum atomic E-state index is 5.86. The van der Waals surface area contributed by atoms with Gasteiger partial charge in [0, 0.05) is 5.69 Å². The number of hydrogen-bond donors (Lipinski definition) is 1. The van der Waals surface area contributed by atoms with Crippen molar-refractivity contribution in [3.05, 3.63) is 35.9 Å². The lowest BCUT2D eigenvalue weighted by molar-refractivity contribution is 0.316. The van der Waals surface area contributed by atoms with Crippen molar-refractivity contribution in [1.82, 2.24) is 0 Å². The molecule has 2 N–H and O–H groups in total. The highest BCUT2D eigenvalue weighted by Gasteiger charge is 2.35. The van der Waals surface area contributed by atoms with Crippen molar-refractivity contribution in [2.75, 3.05) is 5.73 Å². The minimum absolute atomic E-state index is 0.331. The van der Waals surface area contributed by atoms with Crippen molar-refractivity contribution in [2.45, 2.75) is 46.0 Å². The lowest BCUT2D eigenvalue weighted by Gasteiger charge is -2.40. The Kier molecular flexibility index (Phi) is 3.28. The number of benzene rings is 1. The van der Waals surface area contributed by atoms with Gasteiger partial charge in [0.25, 0.3) is 0 Å². The second kappa shape index (κ2) is 4.56. The lowest BCUT2D eigenvalue weighted by Crippen LogP contribution is -2.26. The molecule has 1 unspecified atom stereocenters. The van der Waals surface area contributed by atoms with Crippen LogP contribution in [0.25, 0.3) is 5.57 Å². The predicted molar refractivity (Wildman–Crippen MR) is 75.8 cm³/mol. The van der Waals surface area contributed by atoms with Gasteiger partial charge in [-0.05, 0) is 59.9 Å². The number of rotatable bonds is 3. The highest BCUT2D eigenvalue weighted by molar-refractivity contribution is 5.74. The normalized spacial score (nSPS) is 23.5. The van der Waals surface area contributed by atoms with E-state index < -0.39 is 0 Å². The standard InChI is InChI=1S/C16H23N/c1-4-9-16(5-2)10-8-13-11-14(17)6-7-15(13)12(16)3/h6-7,11H,3-5,8-10,17H2,1-2H3. The first kappa shape index (κ1) is 12.2. The van der Waals surface area contributed by atoms with Gasteiger partial charge in [-0.2, -0.15) is 0 Å². The Hall–Kier alpha value is -1.24. The molecule has 0 amide bonds. The summed E-state index contributed by atoms with van der Waals surface area (Å²) in [5.41, 5.74) is 11.1. The Morgan fingerprint density at radius 1 is 1.35 bits per heavy atom. The van der Waals surface area contributed by atoms with Crippen molar-refractivity contribution in [2.24, 2.45) is 5.41 Å². The summed E-state index contributed by atoms with van der Waals surface area (Å²) in [6.07, 6.45) is 6.06. The molecule has 1 aliphatic carbocycles. The number of allylic oxidation sites excluding steroid dienone is 1. The molecule has 1 atom stereocenters. The summed E-state index contributed by atoms with van der Waals surface area (Å²) >= 11 is 0. The Morgan fingerprint density at radius 2 is 2.12 bits per heavy atom. The first-order chi connectivity index (χ1) is 8.13. The van der Waals surface area contributed by atoms with Crippen LogP contribution in [0, 0.1) is 5.41 Å². The van der Waals surface area contributed by atoms with Gasteiger partial charge >= 0.3 is 0 Å². The molecule has 1 aromatic carbocycles. The molecule has 1 heteroatoms. The molecule has 0 aliphatic heterocycles. The minimum Gasteiger partial charge on any atom is -0.399 e. The fraction of sp³-hybridized carbons (Fsp3) is 0.500. The number of anilines is 1. The van der Waals surface area contributed by atoms with E-state index in [1.807, 2.05) is 6.07 Å². The molecule has 17 heavy (non-hydrogen) atoms. The minimum atomic E-state index is 0.331. The van der Waals surface area contributed by atoms with Crippen molar-refractivity contribution in [3.63, 3.8) is 0 Å². The van der Waals surface area contributed by atoms with E-state index in [9.17, 15) is 0 Å². The number of aryl methyl sites for hydroxylation is 1. The molecule has 92 valence electrons. The lowest BCUT2D eigenvalue weighted by atomic mass is 9.64. The topological polar surface area (TPSA) is 26.0 Å². The van der Waals surface area contributed by atoms with E-state index in [4.69, 9.17) is 5.73 Å². The van der Waals surface area contributed by atoms with Crippen LogP contribution in [0.3, 0.4) is 0 Å². The summed E-state index contributed by atoms with van der Waals surface area (Å²) in [6.45, 7) is 8.95. The maximum absolute atomic E-state index is 5.86. The molecule has 1 nitrogen and oxygen atoms in total. The van der Waals surface area contributed by atoms with Crippen LogP contribution >= 0.6 is 0 Å². The van der Waals surface area contributed by atoms with Crippen LogP contribution in [0.5, 0.6) is 0 Å². The number of nitrogens with two attached hydrogens (primary N) is 1. The summed E-state index contributed by atoms with van der Waals surface area (Å²) in [7, 11) is 0. The molecule has 0 spiro atoms. The molecule has 1 aliphatic rings. The predicted octanol–water partition coefficient (Wildman–Crippen LogP) is 4.42. The third-order valence-corrected chi connectivity index (χ3v) is 4.37. The number of nitrogen functional groups attached to an aromatic ring is 1. The monoisotopic (exact) mass is 229 g/mol. The van der Waals surface area contributed by atoms with Gasteiger partial charge < -0.3 is 5.73 Å². The second-order valence-electron chi connectivity index (χ2n) is 5.28. The smallest absolute Gasteiger partial charge is 0.0317 e. The molecule has 2 rings (SSSR count). The van der Waals surface area contributed by atoms with Gasteiger partial charge in [0.05, 0.1) is 0 Å². The SMILES string of the molecule is C=C1c2ccc(N)cc2CCC1(CC)CCC. The Balaban J connectivity index is 2.41. The van der Waals surface area contributed by atoms with Crippen LogP contribution in [0.15, 0.2) is 24.8 Å². The maximum Gasteiger partial charge on any atom is 0.0317 e. The van der Waals surface area contributed by atoms with Gasteiger partial charge in [-0.15, -0.1) is 0 Å². The molecule has 0 fully saturated rings. The fourth-order valence-corrected chi connectivity index (χ4v) is 3.25. The first-order valence-corrected chi connectivity index (χ1v) is 6.71. The van der Waals surface area contributed by atoms with E-state index in [1.165, 1.54) is 42.4 Å². The van der Waals surface area contributed by atoms with E-state index in [0.29, 0.717) is 5.41 Å². The average Bonchev–Trinajstić information content (AvgIpc) is 2.33. The van der Waals surface area contributed by atoms with Crippen LogP contribution in [0.1, 0.15) is 50.7 Å². The number of fused-ring (bicyclic) bond motifs is 1. The summed E-state index contributed by atoms with van der Waals surface area (Å²) in [5, 5.41) is 0. The summed E-state index contributed by atoms with van der Waals surface area (Å²) in [4.78, 5) is 0. The summed E-state index contributed by atoms with van der Waals surface area (Å²) in [5.74, 6) is 0. The quantitative estimate of drug-likeness (QED) is 0.763. The molecule has 0 saturated carbocycles. The van der Waals surface area contributed by atoms with Crippen LogP contribution in [0.2, 0.25) is 0 Å². The van der Waals surface area contributed by atoms with Crippen molar-refractivity contribution < 1.29 is 0 Å². The molecular formula is C16H23N. The molecule has 0 radical (unpaired) electrons. The zero-order valence-electron chi connectivity index (χ0n) is 11.1. The summed E-state index contributed by atoms with van der Waals surface area (Å²) < 4.78 is 0. The first-order valence-electron chi connectivity index (χ1n) is 6.71. The molecule has 0 saturated heterocycles. The van der Waals surface area contributed by atoms with Crippen molar-refractivity contribution in [3.8, 4) is 0 Å². The van der Waals surface area contributed by atoms with E-state index >= 15 is 0 Å². The average molecular weight is 229 g/mol.